The molecule has 2 aromatic rings. The molecular weight excluding hydrogens is 196 g/mol. The number of aryl methyl sites for hydroxylation is 1. The SMILES string of the molecule is Cc1c(C=O)ccc2cc(CO)sc12. The van der Waals surface area contributed by atoms with Crippen molar-refractivity contribution < 1.29 is 9.90 Å². The van der Waals surface area contributed by atoms with Gasteiger partial charge < -0.3 is 5.11 Å². The lowest BCUT2D eigenvalue weighted by atomic mass is 10.1. The van der Waals surface area contributed by atoms with Crippen LogP contribution in [0.2, 0.25) is 0 Å². The van der Waals surface area contributed by atoms with Gasteiger partial charge in [-0.05, 0) is 23.9 Å². The van der Waals surface area contributed by atoms with Crippen molar-refractivity contribution in [3.8, 4) is 0 Å². The smallest absolute Gasteiger partial charge is 0.150 e. The fourth-order valence-electron chi connectivity index (χ4n) is 1.52. The number of aliphatic hydroxyl groups excluding tert-OH is 1. The van der Waals surface area contributed by atoms with Crippen LogP contribution in [-0.2, 0) is 6.61 Å². The molecule has 0 aliphatic heterocycles. The van der Waals surface area contributed by atoms with Crippen LogP contribution in [-0.4, -0.2) is 11.4 Å². The summed E-state index contributed by atoms with van der Waals surface area (Å²) in [5.41, 5.74) is 1.73. The van der Waals surface area contributed by atoms with Crippen LogP contribution in [0.5, 0.6) is 0 Å². The van der Waals surface area contributed by atoms with Gasteiger partial charge in [0.2, 0.25) is 0 Å². The minimum Gasteiger partial charge on any atom is -0.391 e. The molecule has 0 bridgehead atoms. The molecule has 0 amide bonds. The van der Waals surface area contributed by atoms with Crippen LogP contribution in [0.4, 0.5) is 0 Å². The second-order valence-electron chi connectivity index (χ2n) is 3.19. The highest BCUT2D eigenvalue weighted by Crippen LogP contribution is 2.29. The summed E-state index contributed by atoms with van der Waals surface area (Å²) in [7, 11) is 0. The van der Waals surface area contributed by atoms with E-state index < -0.39 is 0 Å². The lowest BCUT2D eigenvalue weighted by molar-refractivity contribution is 0.112. The van der Waals surface area contributed by atoms with E-state index >= 15 is 0 Å². The van der Waals surface area contributed by atoms with Crippen molar-refractivity contribution >= 4 is 27.7 Å². The predicted octanol–water partition coefficient (Wildman–Crippen LogP) is 2.51. The highest BCUT2D eigenvalue weighted by molar-refractivity contribution is 7.19. The maximum Gasteiger partial charge on any atom is 0.150 e. The van der Waals surface area contributed by atoms with Gasteiger partial charge in [-0.1, -0.05) is 12.1 Å². The van der Waals surface area contributed by atoms with Crippen molar-refractivity contribution in [2.75, 3.05) is 0 Å². The Balaban J connectivity index is 2.74. The van der Waals surface area contributed by atoms with Gasteiger partial charge in [0, 0.05) is 15.1 Å². The Hall–Kier alpha value is -1.19. The number of benzene rings is 1. The molecule has 0 atom stereocenters. The van der Waals surface area contributed by atoms with Gasteiger partial charge in [0.05, 0.1) is 6.61 Å². The molecule has 1 heterocycles. The first-order chi connectivity index (χ1) is 6.76. The van der Waals surface area contributed by atoms with Gasteiger partial charge in [0.25, 0.3) is 0 Å². The minimum absolute atomic E-state index is 0.0647. The summed E-state index contributed by atoms with van der Waals surface area (Å²) in [6.45, 7) is 2.00. The highest BCUT2D eigenvalue weighted by atomic mass is 32.1. The second kappa shape index (κ2) is 3.52. The fourth-order valence-corrected chi connectivity index (χ4v) is 2.54. The number of hydrogen-bond donors (Lipinski definition) is 1. The van der Waals surface area contributed by atoms with E-state index in [-0.39, 0.29) is 6.61 Å². The quantitative estimate of drug-likeness (QED) is 0.766. The molecule has 3 heteroatoms. The van der Waals surface area contributed by atoms with Crippen LogP contribution in [0.3, 0.4) is 0 Å². The van der Waals surface area contributed by atoms with E-state index in [9.17, 15) is 4.79 Å². The van der Waals surface area contributed by atoms with E-state index in [1.54, 1.807) is 11.3 Å². The van der Waals surface area contributed by atoms with Gasteiger partial charge in [0.1, 0.15) is 6.29 Å². The van der Waals surface area contributed by atoms with E-state index in [4.69, 9.17) is 5.11 Å². The number of aldehydes is 1. The zero-order chi connectivity index (χ0) is 10.1. The van der Waals surface area contributed by atoms with Crippen LogP contribution in [0.15, 0.2) is 18.2 Å². The molecule has 0 saturated heterocycles. The third-order valence-electron chi connectivity index (χ3n) is 2.31. The standard InChI is InChI=1S/C11H10O2S/c1-7-9(5-12)3-2-8-4-10(6-13)14-11(7)8/h2-5,13H,6H2,1H3. The first-order valence-electron chi connectivity index (χ1n) is 4.34. The number of carbonyl (C=O) groups excluding carboxylic acids is 1. The molecule has 0 unspecified atom stereocenters. The molecular formula is C11H10O2S. The average molecular weight is 206 g/mol. The van der Waals surface area contributed by atoms with E-state index in [1.807, 2.05) is 25.1 Å². The summed E-state index contributed by atoms with van der Waals surface area (Å²) in [4.78, 5) is 11.6. The van der Waals surface area contributed by atoms with Crippen molar-refractivity contribution in [2.24, 2.45) is 0 Å². The molecule has 1 aromatic carbocycles. The van der Waals surface area contributed by atoms with Crippen molar-refractivity contribution in [2.45, 2.75) is 13.5 Å². The monoisotopic (exact) mass is 206 g/mol. The maximum absolute atomic E-state index is 10.7. The summed E-state index contributed by atoms with van der Waals surface area (Å²) in [5, 5.41) is 10.1. The lowest BCUT2D eigenvalue weighted by Crippen LogP contribution is -1.84. The van der Waals surface area contributed by atoms with Crippen molar-refractivity contribution in [3.63, 3.8) is 0 Å². The Labute approximate surface area is 85.8 Å². The Morgan fingerprint density at radius 3 is 2.93 bits per heavy atom. The van der Waals surface area contributed by atoms with Crippen molar-refractivity contribution in [1.82, 2.24) is 0 Å². The summed E-state index contributed by atoms with van der Waals surface area (Å²) in [5.74, 6) is 0. The number of fused-ring (bicyclic) bond motifs is 1. The second-order valence-corrected chi connectivity index (χ2v) is 4.32. The Bertz CT molecular complexity index is 485. The van der Waals surface area contributed by atoms with Crippen LogP contribution in [0.1, 0.15) is 20.8 Å². The van der Waals surface area contributed by atoms with Gasteiger partial charge in [-0.15, -0.1) is 11.3 Å². The van der Waals surface area contributed by atoms with E-state index in [0.717, 1.165) is 32.4 Å². The largest absolute Gasteiger partial charge is 0.391 e. The number of thiophene rings is 1. The summed E-state index contributed by atoms with van der Waals surface area (Å²) in [6, 6.07) is 5.70. The molecule has 14 heavy (non-hydrogen) atoms. The minimum atomic E-state index is 0.0647. The molecule has 2 rings (SSSR count). The molecule has 1 N–H and O–H groups in total. The first-order valence-corrected chi connectivity index (χ1v) is 5.16. The van der Waals surface area contributed by atoms with Crippen molar-refractivity contribution in [3.05, 3.63) is 34.2 Å². The molecule has 0 spiro atoms. The van der Waals surface area contributed by atoms with Crippen LogP contribution >= 0.6 is 11.3 Å². The summed E-state index contributed by atoms with van der Waals surface area (Å²) >= 11 is 1.54. The van der Waals surface area contributed by atoms with Gasteiger partial charge in [-0.25, -0.2) is 0 Å². The summed E-state index contributed by atoms with van der Waals surface area (Å²) < 4.78 is 1.10. The topological polar surface area (TPSA) is 37.3 Å². The molecule has 0 aliphatic rings. The number of carbonyl (C=O) groups is 1. The molecule has 72 valence electrons. The third kappa shape index (κ3) is 1.35. The number of rotatable bonds is 2. The highest BCUT2D eigenvalue weighted by Gasteiger charge is 2.06. The van der Waals surface area contributed by atoms with Gasteiger partial charge in [-0.3, -0.25) is 4.79 Å². The lowest BCUT2D eigenvalue weighted by Gasteiger charge is -1.98. The Kier molecular flexibility index (Phi) is 2.35. The normalized spacial score (nSPS) is 10.7. The van der Waals surface area contributed by atoms with E-state index in [0.29, 0.717) is 0 Å². The van der Waals surface area contributed by atoms with E-state index in [1.165, 1.54) is 0 Å². The van der Waals surface area contributed by atoms with Crippen LogP contribution in [0, 0.1) is 6.92 Å². The van der Waals surface area contributed by atoms with Crippen LogP contribution < -0.4 is 0 Å². The Morgan fingerprint density at radius 1 is 1.50 bits per heavy atom. The average Bonchev–Trinajstić information content (AvgIpc) is 2.62. The zero-order valence-electron chi connectivity index (χ0n) is 7.78. The molecule has 0 saturated carbocycles. The van der Waals surface area contributed by atoms with E-state index in [2.05, 4.69) is 0 Å². The first kappa shape index (κ1) is 9.37. The molecule has 0 radical (unpaired) electrons. The van der Waals surface area contributed by atoms with Crippen molar-refractivity contribution in [1.29, 1.82) is 0 Å². The zero-order valence-corrected chi connectivity index (χ0v) is 8.60. The molecule has 0 aliphatic carbocycles. The summed E-state index contributed by atoms with van der Waals surface area (Å²) in [6.07, 6.45) is 0.868. The van der Waals surface area contributed by atoms with Crippen LogP contribution in [0.25, 0.3) is 10.1 Å². The molecule has 1 aromatic heterocycles. The van der Waals surface area contributed by atoms with Gasteiger partial charge in [-0.2, -0.15) is 0 Å². The fraction of sp³-hybridized carbons (Fsp3) is 0.182. The van der Waals surface area contributed by atoms with Gasteiger partial charge in [0.15, 0.2) is 0 Å². The number of hydrogen-bond acceptors (Lipinski definition) is 3. The Morgan fingerprint density at radius 2 is 2.29 bits per heavy atom. The maximum atomic E-state index is 10.7. The third-order valence-corrected chi connectivity index (χ3v) is 3.57. The molecule has 0 fully saturated rings. The molecule has 2 nitrogen and oxygen atoms in total. The predicted molar refractivity (Wildman–Crippen MR) is 57.9 cm³/mol. The number of aliphatic hydroxyl groups is 1. The van der Waals surface area contributed by atoms with Gasteiger partial charge >= 0.3 is 0 Å².